The van der Waals surface area contributed by atoms with E-state index >= 15 is 0 Å². The predicted molar refractivity (Wildman–Crippen MR) is 65.6 cm³/mol. The van der Waals surface area contributed by atoms with Crippen LogP contribution >= 0.6 is 0 Å². The van der Waals surface area contributed by atoms with Crippen molar-refractivity contribution in [2.75, 3.05) is 13.2 Å². The van der Waals surface area contributed by atoms with Crippen LogP contribution in [0.25, 0.3) is 0 Å². The second-order valence-corrected chi connectivity index (χ2v) is 4.24. The van der Waals surface area contributed by atoms with Gasteiger partial charge in [-0.25, -0.2) is 4.39 Å². The lowest BCUT2D eigenvalue weighted by Gasteiger charge is -2.14. The van der Waals surface area contributed by atoms with E-state index in [2.05, 4.69) is 0 Å². The van der Waals surface area contributed by atoms with Gasteiger partial charge >= 0.3 is 0 Å². The maximum absolute atomic E-state index is 13.1. The first-order chi connectivity index (χ1) is 8.00. The molecular formula is C13H20FNO2. The summed E-state index contributed by atoms with van der Waals surface area (Å²) >= 11 is 0. The molecule has 0 saturated carbocycles. The highest BCUT2D eigenvalue weighted by molar-refractivity contribution is 5.36. The molecule has 2 N–H and O–H groups in total. The number of nitrogens with two attached hydrogens (primary N) is 1. The number of benzene rings is 1. The molecule has 1 rings (SSSR count). The van der Waals surface area contributed by atoms with Crippen LogP contribution < -0.4 is 10.5 Å². The van der Waals surface area contributed by atoms with Crippen LogP contribution in [0.3, 0.4) is 0 Å². The molecule has 0 radical (unpaired) electrons. The summed E-state index contributed by atoms with van der Waals surface area (Å²) in [6, 6.07) is 4.21. The Morgan fingerprint density at radius 2 is 1.94 bits per heavy atom. The highest BCUT2D eigenvalue weighted by Crippen LogP contribution is 2.24. The van der Waals surface area contributed by atoms with Crippen LogP contribution in [0.15, 0.2) is 18.2 Å². The molecule has 0 aliphatic carbocycles. The van der Waals surface area contributed by atoms with E-state index in [1.54, 1.807) is 6.07 Å². The highest BCUT2D eigenvalue weighted by atomic mass is 19.1. The van der Waals surface area contributed by atoms with Gasteiger partial charge in [0.1, 0.15) is 18.2 Å². The van der Waals surface area contributed by atoms with Gasteiger partial charge in [-0.3, -0.25) is 0 Å². The maximum atomic E-state index is 13.1. The summed E-state index contributed by atoms with van der Waals surface area (Å²) in [5.74, 6) is 0.168. The molecule has 1 aromatic rings. The normalized spacial score (nSPS) is 12.8. The van der Waals surface area contributed by atoms with Gasteiger partial charge < -0.3 is 15.2 Å². The van der Waals surface area contributed by atoms with E-state index in [1.165, 1.54) is 12.1 Å². The standard InChI is InChI=1S/C13H20FNO2/c1-9(2)16-6-7-17-13-8-11(14)4-5-12(13)10(3)15/h4-5,8-10H,6-7,15H2,1-3H3. The molecule has 17 heavy (non-hydrogen) atoms. The van der Waals surface area contributed by atoms with E-state index in [9.17, 15) is 4.39 Å². The third-order valence-corrected chi connectivity index (χ3v) is 2.26. The largest absolute Gasteiger partial charge is 0.491 e. The Balaban J connectivity index is 2.59. The molecule has 0 aromatic heterocycles. The molecule has 0 aliphatic heterocycles. The van der Waals surface area contributed by atoms with Crippen LogP contribution in [0, 0.1) is 5.82 Å². The van der Waals surface area contributed by atoms with E-state index in [-0.39, 0.29) is 18.0 Å². The molecule has 1 aromatic carbocycles. The summed E-state index contributed by atoms with van der Waals surface area (Å²) in [6.07, 6.45) is 0.166. The minimum atomic E-state index is -0.325. The third kappa shape index (κ3) is 4.71. The van der Waals surface area contributed by atoms with Crippen molar-refractivity contribution in [3.8, 4) is 5.75 Å². The Bertz CT molecular complexity index is 353. The summed E-state index contributed by atoms with van der Waals surface area (Å²) in [7, 11) is 0. The first-order valence-corrected chi connectivity index (χ1v) is 5.80. The summed E-state index contributed by atoms with van der Waals surface area (Å²) < 4.78 is 23.9. The van der Waals surface area contributed by atoms with Gasteiger partial charge in [-0.2, -0.15) is 0 Å². The monoisotopic (exact) mass is 241 g/mol. The lowest BCUT2D eigenvalue weighted by atomic mass is 10.1. The predicted octanol–water partition coefficient (Wildman–Crippen LogP) is 2.65. The van der Waals surface area contributed by atoms with E-state index < -0.39 is 0 Å². The lowest BCUT2D eigenvalue weighted by Crippen LogP contribution is -2.13. The molecule has 1 atom stereocenters. The molecule has 0 bridgehead atoms. The molecular weight excluding hydrogens is 221 g/mol. The van der Waals surface area contributed by atoms with Gasteiger partial charge in [0.25, 0.3) is 0 Å². The van der Waals surface area contributed by atoms with Gasteiger partial charge in [-0.1, -0.05) is 6.07 Å². The van der Waals surface area contributed by atoms with Crippen molar-refractivity contribution in [1.29, 1.82) is 0 Å². The highest BCUT2D eigenvalue weighted by Gasteiger charge is 2.09. The van der Waals surface area contributed by atoms with Crippen LogP contribution in [0.5, 0.6) is 5.75 Å². The number of hydrogen-bond donors (Lipinski definition) is 1. The Kier molecular flexibility index (Phi) is 5.38. The molecule has 4 heteroatoms. The average molecular weight is 241 g/mol. The summed E-state index contributed by atoms with van der Waals surface area (Å²) in [5, 5.41) is 0. The van der Waals surface area contributed by atoms with Crippen molar-refractivity contribution >= 4 is 0 Å². The lowest BCUT2D eigenvalue weighted by molar-refractivity contribution is 0.0549. The zero-order chi connectivity index (χ0) is 12.8. The fourth-order valence-corrected chi connectivity index (χ4v) is 1.44. The van der Waals surface area contributed by atoms with Gasteiger partial charge in [-0.15, -0.1) is 0 Å². The molecule has 0 heterocycles. The van der Waals surface area contributed by atoms with Gasteiger partial charge in [0.2, 0.25) is 0 Å². The number of rotatable bonds is 6. The number of halogens is 1. The Morgan fingerprint density at radius 1 is 1.24 bits per heavy atom. The molecule has 0 saturated heterocycles. The van der Waals surface area contributed by atoms with Gasteiger partial charge in [0.15, 0.2) is 0 Å². The van der Waals surface area contributed by atoms with Crippen LogP contribution in [0.4, 0.5) is 4.39 Å². The zero-order valence-corrected chi connectivity index (χ0v) is 10.6. The minimum Gasteiger partial charge on any atom is -0.491 e. The van der Waals surface area contributed by atoms with Crippen LogP contribution in [-0.4, -0.2) is 19.3 Å². The van der Waals surface area contributed by atoms with Crippen molar-refractivity contribution in [2.24, 2.45) is 5.73 Å². The molecule has 96 valence electrons. The topological polar surface area (TPSA) is 44.5 Å². The SMILES string of the molecule is CC(C)OCCOc1cc(F)ccc1C(C)N. The first-order valence-electron chi connectivity index (χ1n) is 5.80. The van der Waals surface area contributed by atoms with E-state index in [0.717, 1.165) is 5.56 Å². The van der Waals surface area contributed by atoms with Gasteiger partial charge in [-0.05, 0) is 26.8 Å². The maximum Gasteiger partial charge on any atom is 0.127 e. The zero-order valence-electron chi connectivity index (χ0n) is 10.6. The van der Waals surface area contributed by atoms with Gasteiger partial charge in [0, 0.05) is 17.7 Å². The minimum absolute atomic E-state index is 0.166. The summed E-state index contributed by atoms with van der Waals surface area (Å²) in [5.41, 5.74) is 6.59. The van der Waals surface area contributed by atoms with Crippen molar-refractivity contribution in [3.63, 3.8) is 0 Å². The molecule has 0 fully saturated rings. The molecule has 1 unspecified atom stereocenters. The van der Waals surface area contributed by atoms with E-state index in [0.29, 0.717) is 19.0 Å². The molecule has 0 aliphatic rings. The molecule has 0 spiro atoms. The number of ether oxygens (including phenoxy) is 2. The van der Waals surface area contributed by atoms with Crippen molar-refractivity contribution in [2.45, 2.75) is 32.9 Å². The number of hydrogen-bond acceptors (Lipinski definition) is 3. The summed E-state index contributed by atoms with van der Waals surface area (Å²) in [6.45, 7) is 6.61. The molecule has 3 nitrogen and oxygen atoms in total. The van der Waals surface area contributed by atoms with Crippen molar-refractivity contribution in [1.82, 2.24) is 0 Å². The second-order valence-electron chi connectivity index (χ2n) is 4.24. The van der Waals surface area contributed by atoms with Crippen LogP contribution in [-0.2, 0) is 4.74 Å². The fraction of sp³-hybridized carbons (Fsp3) is 0.538. The Labute approximate surface area is 102 Å². The average Bonchev–Trinajstić information content (AvgIpc) is 2.23. The van der Waals surface area contributed by atoms with E-state index in [1.807, 2.05) is 20.8 Å². The van der Waals surface area contributed by atoms with Crippen LogP contribution in [0.1, 0.15) is 32.4 Å². The van der Waals surface area contributed by atoms with E-state index in [4.69, 9.17) is 15.2 Å². The fourth-order valence-electron chi connectivity index (χ4n) is 1.44. The van der Waals surface area contributed by atoms with Crippen molar-refractivity contribution in [3.05, 3.63) is 29.6 Å². The first kappa shape index (κ1) is 13.9. The second kappa shape index (κ2) is 6.57. The van der Waals surface area contributed by atoms with Crippen molar-refractivity contribution < 1.29 is 13.9 Å². The summed E-state index contributed by atoms with van der Waals surface area (Å²) in [4.78, 5) is 0. The van der Waals surface area contributed by atoms with Gasteiger partial charge in [0.05, 0.1) is 12.7 Å². The third-order valence-electron chi connectivity index (χ3n) is 2.26. The Morgan fingerprint density at radius 3 is 2.53 bits per heavy atom. The Hall–Kier alpha value is -1.13. The smallest absolute Gasteiger partial charge is 0.127 e. The quantitative estimate of drug-likeness (QED) is 0.779. The van der Waals surface area contributed by atoms with Crippen LogP contribution in [0.2, 0.25) is 0 Å². The molecule has 0 amide bonds.